The molecule has 0 saturated carbocycles. The summed E-state index contributed by atoms with van der Waals surface area (Å²) < 4.78 is 23.0. The predicted molar refractivity (Wildman–Crippen MR) is 169 cm³/mol. The van der Waals surface area contributed by atoms with E-state index in [0.29, 0.717) is 0 Å². The highest BCUT2D eigenvalue weighted by Crippen LogP contribution is 2.61. The van der Waals surface area contributed by atoms with Gasteiger partial charge in [-0.3, -0.25) is 9.59 Å². The van der Waals surface area contributed by atoms with Crippen LogP contribution in [0.4, 0.5) is 0 Å². The van der Waals surface area contributed by atoms with Gasteiger partial charge in [0.25, 0.3) is 11.8 Å². The zero-order valence-electron chi connectivity index (χ0n) is 25.6. The first-order valence-electron chi connectivity index (χ1n) is 14.7. The molecule has 6 heterocycles. The number of aliphatic hydroxyl groups is 3. The Kier molecular flexibility index (Phi) is 7.30. The number of likely N-dealkylation sites (N-methyl/N-ethyl adjacent to an activating group) is 1. The topological polar surface area (TPSA) is 176 Å². The molecule has 4 N–H and O–H groups in total. The lowest BCUT2D eigenvalue weighted by atomic mass is 9.93. The van der Waals surface area contributed by atoms with Crippen LogP contribution in [0, 0.1) is 0 Å². The summed E-state index contributed by atoms with van der Waals surface area (Å²) in [6.07, 6.45) is -0.762. The SMILES string of the molecule is COc1ccc2cc1Oc1cc(ccc1O)[C@H](O)[C@]13SC[C@H](C(C)(C)O)S[C@@]4(C(=O)N1C)[C@H](O)C1=COC=C[C@H](OC2=O)[C@H]1N4C3=O. The number of amides is 2. The molecule has 7 atom stereocenters. The molecule has 2 aromatic carbocycles. The molecule has 4 saturated heterocycles. The van der Waals surface area contributed by atoms with E-state index in [-0.39, 0.29) is 45.5 Å². The van der Waals surface area contributed by atoms with Crippen LogP contribution in [-0.4, -0.2) is 107 Å². The van der Waals surface area contributed by atoms with Crippen LogP contribution in [0.15, 0.2) is 60.6 Å². The smallest absolute Gasteiger partial charge is 0.338 e. The molecule has 0 unspecified atom stereocenters. The Balaban J connectivity index is 1.53. The standard InChI is InChI=1S/C32H32N2O11S2/c1-30(2,41)23-14-46-31-25(36)15-5-7-18(35)21(11-15)44-22-12-16(6-8-19(22)42-4)27(38)45-20-9-10-43-13-17-24(20)34(29(31)40)32(47-23,26(17)37)28(39)33(31)3/h5-13,20,23-26,35-37,41H,14H2,1-4H3/t20-,23+,24-,25-,26+,31+,32+/m0/s1. The van der Waals surface area contributed by atoms with E-state index < -0.39 is 62.7 Å². The Bertz CT molecular complexity index is 1760. The van der Waals surface area contributed by atoms with Crippen LogP contribution in [0.1, 0.15) is 35.9 Å². The highest BCUT2D eigenvalue weighted by Gasteiger charge is 2.76. The summed E-state index contributed by atoms with van der Waals surface area (Å²) in [5, 5.41) is 45.7. The number of aromatic hydroxyl groups is 1. The average molecular weight is 685 g/mol. The third-order valence-corrected chi connectivity index (χ3v) is 13.1. The molecule has 4 fully saturated rings. The van der Waals surface area contributed by atoms with E-state index >= 15 is 4.79 Å². The van der Waals surface area contributed by atoms with E-state index in [4.69, 9.17) is 18.9 Å². The van der Waals surface area contributed by atoms with Crippen LogP contribution < -0.4 is 9.47 Å². The van der Waals surface area contributed by atoms with Crippen molar-refractivity contribution < 1.29 is 53.8 Å². The Labute approximate surface area is 277 Å². The number of carbonyl (C=O) groups is 3. The molecule has 7 bridgehead atoms. The number of methoxy groups -OCH3 is 1. The molecule has 0 aliphatic carbocycles. The third-order valence-electron chi connectivity index (χ3n) is 9.26. The number of ether oxygens (including phenoxy) is 4. The van der Waals surface area contributed by atoms with Crippen molar-refractivity contribution in [1.29, 1.82) is 0 Å². The average Bonchev–Trinajstić information content (AvgIpc) is 3.12. The van der Waals surface area contributed by atoms with Gasteiger partial charge < -0.3 is 49.2 Å². The fourth-order valence-corrected chi connectivity index (χ4v) is 10.3. The van der Waals surface area contributed by atoms with Gasteiger partial charge in [0.2, 0.25) is 0 Å². The maximum atomic E-state index is 15.2. The molecular weight excluding hydrogens is 652 g/mol. The maximum Gasteiger partial charge on any atom is 0.338 e. The summed E-state index contributed by atoms with van der Waals surface area (Å²) in [4.78, 5) is 42.0. The lowest BCUT2D eigenvalue weighted by Gasteiger charge is -2.59. The van der Waals surface area contributed by atoms with Gasteiger partial charge in [-0.2, -0.15) is 0 Å². The van der Waals surface area contributed by atoms with Crippen molar-refractivity contribution in [1.82, 2.24) is 9.80 Å². The van der Waals surface area contributed by atoms with Crippen LogP contribution in [0.5, 0.6) is 23.0 Å². The number of piperazine rings is 1. The predicted octanol–water partition coefficient (Wildman–Crippen LogP) is 2.25. The summed E-state index contributed by atoms with van der Waals surface area (Å²) in [6, 6.07) is 7.07. The van der Waals surface area contributed by atoms with Crippen LogP contribution in [0.2, 0.25) is 0 Å². The van der Waals surface area contributed by atoms with Gasteiger partial charge >= 0.3 is 5.97 Å². The first-order chi connectivity index (χ1) is 22.2. The minimum absolute atomic E-state index is 0.0310. The minimum atomic E-state index is -2.05. The van der Waals surface area contributed by atoms with E-state index in [1.165, 1.54) is 74.1 Å². The second kappa shape index (κ2) is 10.8. The number of esters is 1. The second-order valence-electron chi connectivity index (χ2n) is 12.4. The number of fused-ring (bicyclic) bond motifs is 8. The minimum Gasteiger partial charge on any atom is -0.504 e. The molecule has 2 amide bonds. The Hall–Kier alpha value is -3.89. The second-order valence-corrected chi connectivity index (χ2v) is 15.1. The summed E-state index contributed by atoms with van der Waals surface area (Å²) >= 11 is 1.92. The third kappa shape index (κ3) is 4.40. The van der Waals surface area contributed by atoms with E-state index in [1.54, 1.807) is 13.8 Å². The molecule has 2 spiro atoms. The summed E-state index contributed by atoms with van der Waals surface area (Å²) in [5.74, 6) is -2.38. The summed E-state index contributed by atoms with van der Waals surface area (Å²) in [7, 11) is 2.78. The highest BCUT2D eigenvalue weighted by molar-refractivity contribution is 8.06. The molecule has 0 aromatic heterocycles. The lowest BCUT2D eigenvalue weighted by molar-refractivity contribution is -0.175. The largest absolute Gasteiger partial charge is 0.504 e. The number of aliphatic hydroxyl groups excluding tert-OH is 2. The molecule has 6 aliphatic rings. The number of nitrogens with zero attached hydrogens (tertiary/aromatic N) is 2. The van der Waals surface area contributed by atoms with Gasteiger partial charge in [-0.05, 0) is 55.8 Å². The number of benzene rings is 2. The number of carbonyl (C=O) groups excluding carboxylic acids is 3. The zero-order valence-corrected chi connectivity index (χ0v) is 27.3. The van der Waals surface area contributed by atoms with Crippen LogP contribution in [0.25, 0.3) is 0 Å². The van der Waals surface area contributed by atoms with Crippen molar-refractivity contribution >= 4 is 41.3 Å². The summed E-state index contributed by atoms with van der Waals surface area (Å²) in [6.45, 7) is 3.13. The molecule has 47 heavy (non-hydrogen) atoms. The molecule has 6 aliphatic heterocycles. The van der Waals surface area contributed by atoms with Crippen molar-refractivity contribution in [3.8, 4) is 23.0 Å². The Morgan fingerprint density at radius 2 is 1.79 bits per heavy atom. The quantitative estimate of drug-likeness (QED) is 0.340. The molecule has 2 aromatic rings. The molecular formula is C32H32N2O11S2. The molecule has 0 radical (unpaired) electrons. The van der Waals surface area contributed by atoms with Crippen LogP contribution in [0.3, 0.4) is 0 Å². The van der Waals surface area contributed by atoms with E-state index in [1.807, 2.05) is 0 Å². The monoisotopic (exact) mass is 684 g/mol. The van der Waals surface area contributed by atoms with Gasteiger partial charge in [0.1, 0.15) is 24.4 Å². The van der Waals surface area contributed by atoms with Gasteiger partial charge in [-0.1, -0.05) is 6.07 Å². The van der Waals surface area contributed by atoms with Crippen molar-refractivity contribution in [2.75, 3.05) is 19.9 Å². The van der Waals surface area contributed by atoms with Crippen molar-refractivity contribution in [2.24, 2.45) is 0 Å². The first-order valence-corrected chi connectivity index (χ1v) is 16.6. The van der Waals surface area contributed by atoms with E-state index in [2.05, 4.69) is 0 Å². The van der Waals surface area contributed by atoms with E-state index in [9.17, 15) is 30.0 Å². The Morgan fingerprint density at radius 3 is 2.51 bits per heavy atom. The number of hydrogen-bond donors (Lipinski definition) is 4. The number of phenolic OH excluding ortho intramolecular Hbond substituents is 1. The molecule has 248 valence electrons. The number of rotatable bonds is 2. The van der Waals surface area contributed by atoms with Gasteiger partial charge in [-0.15, -0.1) is 23.5 Å². The fourth-order valence-electron chi connectivity index (χ4n) is 6.71. The number of phenols is 1. The van der Waals surface area contributed by atoms with Gasteiger partial charge in [0.05, 0.1) is 30.8 Å². The van der Waals surface area contributed by atoms with Crippen molar-refractivity contribution in [2.45, 2.75) is 58.8 Å². The lowest BCUT2D eigenvalue weighted by Crippen LogP contribution is -2.78. The van der Waals surface area contributed by atoms with Crippen LogP contribution in [-0.2, 0) is 19.1 Å². The van der Waals surface area contributed by atoms with Crippen LogP contribution >= 0.6 is 23.5 Å². The van der Waals surface area contributed by atoms with E-state index in [0.717, 1.165) is 28.4 Å². The van der Waals surface area contributed by atoms with Gasteiger partial charge in [0.15, 0.2) is 32.7 Å². The maximum absolute atomic E-state index is 15.2. The molecule has 15 heteroatoms. The number of hydrogen-bond acceptors (Lipinski definition) is 13. The molecule has 8 rings (SSSR count). The zero-order chi connectivity index (χ0) is 33.6. The normalized spacial score (nSPS) is 33.0. The highest BCUT2D eigenvalue weighted by atomic mass is 32.2. The van der Waals surface area contributed by atoms with Crippen molar-refractivity contribution in [3.05, 3.63) is 71.7 Å². The molecule has 13 nitrogen and oxygen atoms in total. The van der Waals surface area contributed by atoms with Gasteiger partial charge in [-0.25, -0.2) is 4.79 Å². The van der Waals surface area contributed by atoms with Gasteiger partial charge in [0, 0.05) is 23.6 Å². The summed E-state index contributed by atoms with van der Waals surface area (Å²) in [5.41, 5.74) is -1.17. The Morgan fingerprint density at radius 1 is 1.02 bits per heavy atom. The first kappa shape index (κ1) is 31.7. The number of thioether (sulfide) groups is 2. The fraction of sp³-hybridized carbons (Fsp3) is 0.406. The van der Waals surface area contributed by atoms with Crippen molar-refractivity contribution in [3.63, 3.8) is 0 Å².